The van der Waals surface area contributed by atoms with Gasteiger partial charge in [-0.2, -0.15) is 5.10 Å². The molecular weight excluding hydrogens is 434 g/mol. The van der Waals surface area contributed by atoms with E-state index in [-0.39, 0.29) is 29.4 Å². The van der Waals surface area contributed by atoms with E-state index in [2.05, 4.69) is 86.6 Å². The van der Waals surface area contributed by atoms with Crippen LogP contribution in [0.2, 0.25) is 0 Å². The first-order chi connectivity index (χ1) is 16.8. The number of ketones is 1. The van der Waals surface area contributed by atoms with Gasteiger partial charge in [-0.15, -0.1) is 0 Å². The molecule has 5 heteroatoms. The summed E-state index contributed by atoms with van der Waals surface area (Å²) in [5.41, 5.74) is 3.93. The first-order valence-corrected chi connectivity index (χ1v) is 13.0. The van der Waals surface area contributed by atoms with Crippen molar-refractivity contribution in [3.05, 3.63) is 83.0 Å². The van der Waals surface area contributed by atoms with Gasteiger partial charge in [0, 0.05) is 18.4 Å². The van der Waals surface area contributed by atoms with Gasteiger partial charge in [-0.1, -0.05) is 68.4 Å². The molecule has 3 aromatic rings. The number of aliphatic hydroxyl groups is 1. The molecule has 1 aromatic heterocycles. The number of benzene rings is 2. The van der Waals surface area contributed by atoms with Crippen LogP contribution in [0.15, 0.2) is 60.8 Å². The second-order valence-electron chi connectivity index (χ2n) is 10.6. The normalized spacial score (nSPS) is 17.0. The molecule has 0 amide bonds. The Kier molecular flexibility index (Phi) is 7.46. The summed E-state index contributed by atoms with van der Waals surface area (Å²) in [7, 11) is 0. The van der Waals surface area contributed by atoms with E-state index in [1.165, 1.54) is 16.7 Å². The van der Waals surface area contributed by atoms with E-state index in [0.717, 1.165) is 37.9 Å². The van der Waals surface area contributed by atoms with Crippen LogP contribution in [0.3, 0.4) is 0 Å². The van der Waals surface area contributed by atoms with E-state index < -0.39 is 0 Å². The summed E-state index contributed by atoms with van der Waals surface area (Å²) >= 11 is 0. The van der Waals surface area contributed by atoms with E-state index in [1.54, 1.807) is 6.20 Å². The van der Waals surface area contributed by atoms with E-state index in [4.69, 9.17) is 5.11 Å². The van der Waals surface area contributed by atoms with Gasteiger partial charge in [0.15, 0.2) is 5.78 Å². The Morgan fingerprint density at radius 3 is 2.43 bits per heavy atom. The van der Waals surface area contributed by atoms with E-state index in [9.17, 15) is 4.79 Å². The number of anilines is 1. The molecule has 35 heavy (non-hydrogen) atoms. The highest BCUT2D eigenvalue weighted by Crippen LogP contribution is 2.42. The highest BCUT2D eigenvalue weighted by Gasteiger charge is 2.38. The smallest absolute Gasteiger partial charge is 0.169 e. The van der Waals surface area contributed by atoms with Crippen molar-refractivity contribution in [3.8, 4) is 0 Å². The van der Waals surface area contributed by atoms with Crippen LogP contribution in [0.1, 0.15) is 92.9 Å². The Morgan fingerprint density at radius 2 is 1.80 bits per heavy atom. The number of rotatable bonds is 10. The Balaban J connectivity index is 1.62. The molecule has 1 aliphatic rings. The molecule has 2 aromatic carbocycles. The van der Waals surface area contributed by atoms with Gasteiger partial charge in [-0.05, 0) is 62.6 Å². The number of Topliss-reactive ketones (excluding diaryl/α,β-unsaturated/α-hetero) is 1. The molecule has 0 bridgehead atoms. The SMILES string of the molecule is CCC(CC)(CC(=O)c1cnn2c1NC(c1ccccc1)CC2(C)C)c1ccc(CCCO)cc1. The van der Waals surface area contributed by atoms with Gasteiger partial charge in [0.25, 0.3) is 0 Å². The molecule has 0 spiro atoms. The van der Waals surface area contributed by atoms with Gasteiger partial charge in [0.2, 0.25) is 0 Å². The maximum atomic E-state index is 13.8. The summed E-state index contributed by atoms with van der Waals surface area (Å²) in [5, 5.41) is 17.4. The van der Waals surface area contributed by atoms with Crippen LogP contribution in [-0.2, 0) is 17.4 Å². The predicted molar refractivity (Wildman–Crippen MR) is 142 cm³/mol. The number of nitrogens with one attached hydrogen (secondary N) is 1. The van der Waals surface area contributed by atoms with Gasteiger partial charge in [0.1, 0.15) is 5.82 Å². The Bertz CT molecular complexity index is 1130. The molecular formula is C30H39N3O2. The van der Waals surface area contributed by atoms with E-state index >= 15 is 0 Å². The minimum Gasteiger partial charge on any atom is -0.396 e. The lowest BCUT2D eigenvalue weighted by molar-refractivity contribution is 0.0944. The molecule has 0 radical (unpaired) electrons. The quantitative estimate of drug-likeness (QED) is 0.333. The summed E-state index contributed by atoms with van der Waals surface area (Å²) in [6.07, 6.45) is 6.52. The Labute approximate surface area is 209 Å². The third kappa shape index (κ3) is 5.06. The predicted octanol–water partition coefficient (Wildman–Crippen LogP) is 6.43. The number of aliphatic hydroxyl groups excluding tert-OH is 1. The topological polar surface area (TPSA) is 67.2 Å². The number of aryl methyl sites for hydroxylation is 1. The fourth-order valence-electron chi connectivity index (χ4n) is 5.56. The largest absolute Gasteiger partial charge is 0.396 e. The summed E-state index contributed by atoms with van der Waals surface area (Å²) in [6, 6.07) is 19.2. The van der Waals surface area contributed by atoms with Crippen molar-refractivity contribution in [1.82, 2.24) is 9.78 Å². The summed E-state index contributed by atoms with van der Waals surface area (Å²) < 4.78 is 2.00. The highest BCUT2D eigenvalue weighted by atomic mass is 16.2. The Morgan fingerprint density at radius 1 is 1.11 bits per heavy atom. The minimum absolute atomic E-state index is 0.135. The maximum absolute atomic E-state index is 13.8. The molecule has 0 aliphatic carbocycles. The first-order valence-electron chi connectivity index (χ1n) is 13.0. The number of aromatic nitrogens is 2. The first kappa shape index (κ1) is 25.2. The number of hydrogen-bond donors (Lipinski definition) is 2. The Hall–Kier alpha value is -2.92. The van der Waals surface area contributed by atoms with Gasteiger partial charge in [-0.3, -0.25) is 4.79 Å². The second-order valence-corrected chi connectivity index (χ2v) is 10.6. The lowest BCUT2D eigenvalue weighted by Gasteiger charge is -2.38. The minimum atomic E-state index is -0.218. The molecule has 1 aliphatic heterocycles. The zero-order valence-corrected chi connectivity index (χ0v) is 21.6. The molecule has 0 fully saturated rings. The number of carbonyl (C=O) groups is 1. The van der Waals surface area contributed by atoms with Crippen LogP contribution < -0.4 is 5.32 Å². The molecule has 5 nitrogen and oxygen atoms in total. The van der Waals surface area contributed by atoms with E-state index in [0.29, 0.717) is 12.0 Å². The monoisotopic (exact) mass is 473 g/mol. The molecule has 2 heterocycles. The number of hydrogen-bond acceptors (Lipinski definition) is 4. The lowest BCUT2D eigenvalue weighted by atomic mass is 9.71. The van der Waals surface area contributed by atoms with Gasteiger partial charge in [-0.25, -0.2) is 4.68 Å². The van der Waals surface area contributed by atoms with Crippen molar-refractivity contribution in [2.24, 2.45) is 0 Å². The van der Waals surface area contributed by atoms with Crippen molar-refractivity contribution < 1.29 is 9.90 Å². The summed E-state index contributed by atoms with van der Waals surface area (Å²) in [4.78, 5) is 13.8. The van der Waals surface area contributed by atoms with Crippen molar-refractivity contribution >= 4 is 11.6 Å². The fourth-order valence-corrected chi connectivity index (χ4v) is 5.56. The van der Waals surface area contributed by atoms with E-state index in [1.807, 2.05) is 10.7 Å². The second kappa shape index (κ2) is 10.4. The summed E-state index contributed by atoms with van der Waals surface area (Å²) in [6.45, 7) is 8.94. The van der Waals surface area contributed by atoms with Gasteiger partial charge >= 0.3 is 0 Å². The van der Waals surface area contributed by atoms with Gasteiger partial charge in [0.05, 0.1) is 23.3 Å². The molecule has 0 saturated carbocycles. The highest BCUT2D eigenvalue weighted by molar-refractivity contribution is 6.01. The van der Waals surface area contributed by atoms with Crippen LogP contribution in [0.4, 0.5) is 5.82 Å². The third-order valence-electron chi connectivity index (χ3n) is 7.90. The van der Waals surface area contributed by atoms with Crippen LogP contribution >= 0.6 is 0 Å². The number of carbonyl (C=O) groups excluding carboxylic acids is 1. The average molecular weight is 474 g/mol. The number of fused-ring (bicyclic) bond motifs is 1. The average Bonchev–Trinajstić information content (AvgIpc) is 3.32. The van der Waals surface area contributed by atoms with Crippen molar-refractivity contribution in [2.45, 2.75) is 83.2 Å². The molecule has 1 unspecified atom stereocenters. The zero-order valence-electron chi connectivity index (χ0n) is 21.6. The van der Waals surface area contributed by atoms with Crippen LogP contribution in [-0.4, -0.2) is 27.3 Å². The van der Waals surface area contributed by atoms with Crippen LogP contribution in [0.5, 0.6) is 0 Å². The molecule has 2 N–H and O–H groups in total. The number of nitrogens with zero attached hydrogens (tertiary/aromatic N) is 2. The van der Waals surface area contributed by atoms with Crippen molar-refractivity contribution in [1.29, 1.82) is 0 Å². The standard InChI is InChI=1S/C30H39N3O2/c1-5-30(6-2,24-16-14-22(15-17-24)11-10-18-34)20-27(35)25-21-31-33-28(25)32-26(19-29(33,3)4)23-12-8-7-9-13-23/h7-9,12-17,21,26,32,34H,5-6,10-11,18-20H2,1-4H3. The fraction of sp³-hybridized carbons (Fsp3) is 0.467. The molecule has 0 saturated heterocycles. The maximum Gasteiger partial charge on any atom is 0.169 e. The lowest BCUT2D eigenvalue weighted by Crippen LogP contribution is -2.38. The van der Waals surface area contributed by atoms with Crippen LogP contribution in [0, 0.1) is 0 Å². The van der Waals surface area contributed by atoms with Crippen LogP contribution in [0.25, 0.3) is 0 Å². The summed E-state index contributed by atoms with van der Waals surface area (Å²) in [5.74, 6) is 0.969. The molecule has 4 rings (SSSR count). The zero-order chi connectivity index (χ0) is 25.1. The molecule has 186 valence electrons. The molecule has 1 atom stereocenters. The van der Waals surface area contributed by atoms with Crippen molar-refractivity contribution in [3.63, 3.8) is 0 Å². The van der Waals surface area contributed by atoms with Gasteiger partial charge < -0.3 is 10.4 Å². The third-order valence-corrected chi connectivity index (χ3v) is 7.90. The van der Waals surface area contributed by atoms with Crippen molar-refractivity contribution in [2.75, 3.05) is 11.9 Å².